The molecule has 0 bridgehead atoms. The van der Waals surface area contributed by atoms with Crippen LogP contribution in [0.15, 0.2) is 42.5 Å². The normalized spacial score (nSPS) is 15.0. The Labute approximate surface area is 106 Å². The summed E-state index contributed by atoms with van der Waals surface area (Å²) >= 11 is 0. The van der Waals surface area contributed by atoms with Crippen LogP contribution in [-0.2, 0) is 0 Å². The molecule has 0 unspecified atom stereocenters. The molecule has 0 amide bonds. The van der Waals surface area contributed by atoms with E-state index >= 15 is 0 Å². The van der Waals surface area contributed by atoms with E-state index in [9.17, 15) is 5.21 Å². The van der Waals surface area contributed by atoms with Crippen molar-refractivity contribution in [2.45, 2.75) is 12.8 Å². The Morgan fingerprint density at radius 2 is 1.72 bits per heavy atom. The van der Waals surface area contributed by atoms with Gasteiger partial charge in [0.25, 0.3) is 0 Å². The van der Waals surface area contributed by atoms with Gasteiger partial charge in [0.1, 0.15) is 5.69 Å². The summed E-state index contributed by atoms with van der Waals surface area (Å²) in [7, 11) is 0. The summed E-state index contributed by atoms with van der Waals surface area (Å²) in [6.07, 6.45) is 2.31. The van der Waals surface area contributed by atoms with Crippen LogP contribution in [0.3, 0.4) is 0 Å². The van der Waals surface area contributed by atoms with E-state index < -0.39 is 0 Å². The Kier molecular flexibility index (Phi) is 2.84. The van der Waals surface area contributed by atoms with Gasteiger partial charge in [0.05, 0.1) is 13.1 Å². The zero-order valence-corrected chi connectivity index (χ0v) is 10.1. The molecule has 0 radical (unpaired) electrons. The summed E-state index contributed by atoms with van der Waals surface area (Å²) in [6, 6.07) is 13.5. The number of rotatable bonds is 2. The van der Waals surface area contributed by atoms with Crippen molar-refractivity contribution in [2.75, 3.05) is 18.0 Å². The largest absolute Gasteiger partial charge is 0.691 e. The number of benzene rings is 1. The van der Waals surface area contributed by atoms with Crippen LogP contribution in [0.5, 0.6) is 0 Å². The van der Waals surface area contributed by atoms with Crippen molar-refractivity contribution in [3.05, 3.63) is 47.7 Å². The van der Waals surface area contributed by atoms with Crippen molar-refractivity contribution in [2.24, 2.45) is 0 Å². The van der Waals surface area contributed by atoms with E-state index in [1.807, 2.05) is 42.5 Å². The molecule has 92 valence electrons. The molecule has 1 aromatic heterocycles. The van der Waals surface area contributed by atoms with E-state index in [-0.39, 0.29) is 0 Å². The van der Waals surface area contributed by atoms with Crippen LogP contribution in [-0.4, -0.2) is 18.2 Å². The van der Waals surface area contributed by atoms with Crippen molar-refractivity contribution in [3.8, 4) is 11.3 Å². The van der Waals surface area contributed by atoms with Gasteiger partial charge in [0.2, 0.25) is 0 Å². The van der Waals surface area contributed by atoms with E-state index in [1.165, 1.54) is 0 Å². The van der Waals surface area contributed by atoms with Crippen LogP contribution in [0.1, 0.15) is 12.8 Å². The first kappa shape index (κ1) is 11.0. The molecule has 0 atom stereocenters. The summed E-state index contributed by atoms with van der Waals surface area (Å²) in [6.45, 7) is 1.91. The molecule has 1 aromatic carbocycles. The first-order chi connectivity index (χ1) is 8.84. The number of nitrogens with zero attached hydrogens (tertiary/aromatic N) is 3. The summed E-state index contributed by atoms with van der Waals surface area (Å²) in [5.74, 6) is 0.659. The highest BCUT2D eigenvalue weighted by Crippen LogP contribution is 2.19. The highest BCUT2D eigenvalue weighted by Gasteiger charge is 2.22. The van der Waals surface area contributed by atoms with Crippen LogP contribution in [0, 0.1) is 5.21 Å². The fraction of sp³-hybridized carbons (Fsp3) is 0.286. The van der Waals surface area contributed by atoms with Gasteiger partial charge >= 0.3 is 5.82 Å². The minimum absolute atomic E-state index is 0.659. The molecule has 1 aliphatic rings. The predicted molar refractivity (Wildman–Crippen MR) is 70.1 cm³/mol. The highest BCUT2D eigenvalue weighted by atomic mass is 16.5. The molecule has 2 heterocycles. The molecular weight excluding hydrogens is 226 g/mol. The summed E-state index contributed by atoms with van der Waals surface area (Å²) in [5.41, 5.74) is 1.68. The minimum atomic E-state index is 0.659. The van der Waals surface area contributed by atoms with Gasteiger partial charge in [0.15, 0.2) is 0 Å². The molecule has 2 aromatic rings. The van der Waals surface area contributed by atoms with Gasteiger partial charge in [-0.15, -0.1) is 4.85 Å². The summed E-state index contributed by atoms with van der Waals surface area (Å²) in [4.78, 5) is 2.84. The molecule has 1 fully saturated rings. The average Bonchev–Trinajstić information content (AvgIpc) is 2.93. The van der Waals surface area contributed by atoms with Gasteiger partial charge < -0.3 is 5.21 Å². The zero-order chi connectivity index (χ0) is 12.4. The van der Waals surface area contributed by atoms with E-state index in [4.69, 9.17) is 0 Å². The maximum Gasteiger partial charge on any atom is 0.301 e. The van der Waals surface area contributed by atoms with E-state index in [1.54, 1.807) is 0 Å². The van der Waals surface area contributed by atoms with Gasteiger partial charge in [-0.1, -0.05) is 35.4 Å². The monoisotopic (exact) mass is 241 g/mol. The fourth-order valence-corrected chi connectivity index (χ4v) is 2.34. The lowest BCUT2D eigenvalue weighted by atomic mass is 10.1. The Morgan fingerprint density at radius 3 is 2.39 bits per heavy atom. The lowest BCUT2D eigenvalue weighted by molar-refractivity contribution is -0.655. The van der Waals surface area contributed by atoms with Crippen molar-refractivity contribution >= 4 is 5.82 Å². The van der Waals surface area contributed by atoms with Crippen LogP contribution in [0.2, 0.25) is 0 Å². The second-order valence-corrected chi connectivity index (χ2v) is 4.51. The Balaban J connectivity index is 1.94. The maximum absolute atomic E-state index is 12.0. The molecular formula is C14H15N3O. The van der Waals surface area contributed by atoms with Gasteiger partial charge in [-0.25, -0.2) is 0 Å². The van der Waals surface area contributed by atoms with Crippen LogP contribution < -0.4 is 9.75 Å². The first-order valence-corrected chi connectivity index (χ1v) is 6.26. The van der Waals surface area contributed by atoms with Crippen molar-refractivity contribution in [1.29, 1.82) is 0 Å². The molecule has 1 saturated heterocycles. The molecule has 0 aliphatic carbocycles. The molecule has 18 heavy (non-hydrogen) atoms. The Bertz CT molecular complexity index is 536. The van der Waals surface area contributed by atoms with Crippen LogP contribution in [0.25, 0.3) is 11.3 Å². The lowest BCUT2D eigenvalue weighted by Gasteiger charge is -2.14. The quantitative estimate of drug-likeness (QED) is 0.596. The summed E-state index contributed by atoms with van der Waals surface area (Å²) in [5, 5.41) is 16.1. The molecule has 4 nitrogen and oxygen atoms in total. The molecule has 0 spiro atoms. The highest BCUT2D eigenvalue weighted by molar-refractivity contribution is 5.58. The van der Waals surface area contributed by atoms with Gasteiger partial charge in [-0.2, -0.15) is 0 Å². The molecule has 0 saturated carbocycles. The van der Waals surface area contributed by atoms with Gasteiger partial charge in [0, 0.05) is 11.6 Å². The van der Waals surface area contributed by atoms with E-state index in [0.29, 0.717) is 11.5 Å². The third-order valence-corrected chi connectivity index (χ3v) is 3.28. The third kappa shape index (κ3) is 2.01. The maximum atomic E-state index is 12.0. The minimum Gasteiger partial charge on any atom is -0.691 e. The SMILES string of the molecule is [O-][n+]1nc(-c2ccccc2)ccc1N1CCCC1. The van der Waals surface area contributed by atoms with Gasteiger partial charge in [-0.05, 0) is 18.9 Å². The molecule has 0 N–H and O–H groups in total. The smallest absolute Gasteiger partial charge is 0.301 e. The number of aromatic nitrogens is 2. The van der Waals surface area contributed by atoms with Crippen molar-refractivity contribution in [1.82, 2.24) is 5.10 Å². The predicted octanol–water partition coefficient (Wildman–Crippen LogP) is 1.98. The molecule has 4 heteroatoms. The Morgan fingerprint density at radius 1 is 1.00 bits per heavy atom. The second-order valence-electron chi connectivity index (χ2n) is 4.51. The standard InChI is InChI=1S/C14H15N3O/c18-17-14(16-10-4-5-11-16)9-8-13(15-17)12-6-2-1-3-7-12/h1-3,6-9H,4-5,10-11H2. The van der Waals surface area contributed by atoms with Gasteiger partial charge in [-0.3, -0.25) is 4.90 Å². The van der Waals surface area contributed by atoms with Crippen LogP contribution >= 0.6 is 0 Å². The molecule has 3 rings (SSSR count). The van der Waals surface area contributed by atoms with Crippen LogP contribution in [0.4, 0.5) is 5.82 Å². The first-order valence-electron chi connectivity index (χ1n) is 6.26. The summed E-state index contributed by atoms with van der Waals surface area (Å²) < 4.78 is 0. The fourth-order valence-electron chi connectivity index (χ4n) is 2.34. The third-order valence-electron chi connectivity index (χ3n) is 3.28. The van der Waals surface area contributed by atoms with E-state index in [0.717, 1.165) is 36.3 Å². The van der Waals surface area contributed by atoms with Crippen molar-refractivity contribution < 1.29 is 4.85 Å². The molecule has 1 aliphatic heterocycles. The Hall–Kier alpha value is -2.10. The number of hydrogen-bond acceptors (Lipinski definition) is 3. The lowest BCUT2D eigenvalue weighted by Crippen LogP contribution is -2.40. The zero-order valence-electron chi connectivity index (χ0n) is 10.1. The topological polar surface area (TPSA) is 43.1 Å². The number of hydrogen-bond donors (Lipinski definition) is 0. The van der Waals surface area contributed by atoms with Crippen molar-refractivity contribution in [3.63, 3.8) is 0 Å². The van der Waals surface area contributed by atoms with E-state index in [2.05, 4.69) is 10.00 Å². The number of anilines is 1. The average molecular weight is 241 g/mol. The second kappa shape index (κ2) is 4.64.